The van der Waals surface area contributed by atoms with E-state index in [-0.39, 0.29) is 11.5 Å². The molecule has 30 heavy (non-hydrogen) atoms. The first kappa shape index (κ1) is 23.3. The summed E-state index contributed by atoms with van der Waals surface area (Å²) < 4.78 is 22.6. The van der Waals surface area contributed by atoms with E-state index < -0.39 is 7.82 Å². The molecule has 0 aliphatic rings. The van der Waals surface area contributed by atoms with Gasteiger partial charge in [-0.3, -0.25) is 4.89 Å². The number of phenolic OH excluding ortho intramolecular Hbond substituents is 2. The quantitative estimate of drug-likeness (QED) is 0.447. The van der Waals surface area contributed by atoms with Gasteiger partial charge in [-0.1, -0.05) is 24.3 Å². The third kappa shape index (κ3) is 6.55. The van der Waals surface area contributed by atoms with Crippen LogP contribution >= 0.6 is 7.82 Å². The predicted octanol–water partition coefficient (Wildman–Crippen LogP) is 5.88. The molecule has 3 aromatic carbocycles. The second-order valence-electron chi connectivity index (χ2n) is 7.07. The van der Waals surface area contributed by atoms with Gasteiger partial charge >= 0.3 is 7.82 Å². The topological polar surface area (TPSA) is 96.2 Å². The van der Waals surface area contributed by atoms with E-state index in [0.29, 0.717) is 11.5 Å². The van der Waals surface area contributed by atoms with Crippen molar-refractivity contribution >= 4 is 7.82 Å². The third-order valence-corrected chi connectivity index (χ3v) is 5.44. The molecule has 6 nitrogen and oxygen atoms in total. The van der Waals surface area contributed by atoms with Crippen LogP contribution in [0.5, 0.6) is 23.0 Å². The zero-order chi connectivity index (χ0) is 22.5. The van der Waals surface area contributed by atoms with Crippen molar-refractivity contribution in [2.75, 3.05) is 0 Å². The molecular formula is C23H27O6P. The van der Waals surface area contributed by atoms with Gasteiger partial charge in [0.1, 0.15) is 23.0 Å². The molecule has 0 bridgehead atoms. The Morgan fingerprint density at radius 2 is 1.10 bits per heavy atom. The molecule has 0 unspecified atom stereocenters. The van der Waals surface area contributed by atoms with Crippen molar-refractivity contribution in [3.05, 3.63) is 82.4 Å². The number of hydrogen-bond acceptors (Lipinski definition) is 5. The van der Waals surface area contributed by atoms with Crippen molar-refractivity contribution in [3.63, 3.8) is 0 Å². The molecule has 3 rings (SSSR count). The Labute approximate surface area is 177 Å². The molecule has 0 amide bonds. The number of benzene rings is 3. The first-order valence-corrected chi connectivity index (χ1v) is 10.8. The highest BCUT2D eigenvalue weighted by Gasteiger charge is 2.27. The summed E-state index contributed by atoms with van der Waals surface area (Å²) in [6, 6.07) is 15.1. The van der Waals surface area contributed by atoms with Crippen LogP contribution in [0.2, 0.25) is 0 Å². The molecule has 0 radical (unpaired) electrons. The predicted molar refractivity (Wildman–Crippen MR) is 117 cm³/mol. The van der Waals surface area contributed by atoms with Crippen LogP contribution in [-0.2, 0) is 4.57 Å². The molecule has 0 saturated heterocycles. The Morgan fingerprint density at radius 1 is 0.700 bits per heavy atom. The second kappa shape index (κ2) is 9.70. The highest BCUT2D eigenvalue weighted by Crippen LogP contribution is 2.46. The highest BCUT2D eigenvalue weighted by atomic mass is 31.2. The maximum atomic E-state index is 12.2. The standard InChI is InChI=1S/C16H19O4P.C7H8O2/c1-11-7-5-9-15(13(11)3)19-21(17,18)20-16-10-6-8-12(2)14(16)4;1-5-2-6(8)4-7(9)3-5/h5-10H,1-4H3,(H,17,18);2-4,8-9H,1H3. The fourth-order valence-electron chi connectivity index (χ4n) is 2.66. The van der Waals surface area contributed by atoms with Crippen LogP contribution in [0.25, 0.3) is 0 Å². The normalized spacial score (nSPS) is 10.7. The second-order valence-corrected chi connectivity index (χ2v) is 8.38. The minimum atomic E-state index is -4.23. The van der Waals surface area contributed by atoms with E-state index in [4.69, 9.17) is 19.3 Å². The molecular weight excluding hydrogens is 403 g/mol. The van der Waals surface area contributed by atoms with Gasteiger partial charge in [0, 0.05) is 6.07 Å². The van der Waals surface area contributed by atoms with Gasteiger partial charge in [0.25, 0.3) is 0 Å². The summed E-state index contributed by atoms with van der Waals surface area (Å²) in [6.45, 7) is 9.30. The number of hydrogen-bond donors (Lipinski definition) is 3. The van der Waals surface area contributed by atoms with Gasteiger partial charge in [-0.2, -0.15) is 0 Å². The molecule has 160 valence electrons. The summed E-state index contributed by atoms with van der Waals surface area (Å²) in [6.07, 6.45) is 0. The third-order valence-electron chi connectivity index (χ3n) is 4.58. The summed E-state index contributed by atoms with van der Waals surface area (Å²) in [5.74, 6) is 0.914. The molecule has 3 aromatic rings. The summed E-state index contributed by atoms with van der Waals surface area (Å²) in [5, 5.41) is 17.7. The number of phenols is 2. The summed E-state index contributed by atoms with van der Waals surface area (Å²) >= 11 is 0. The molecule has 0 saturated carbocycles. The minimum absolute atomic E-state index is 0.104. The van der Waals surface area contributed by atoms with E-state index in [1.807, 2.05) is 39.8 Å². The van der Waals surface area contributed by atoms with E-state index in [0.717, 1.165) is 27.8 Å². The van der Waals surface area contributed by atoms with Crippen LogP contribution in [-0.4, -0.2) is 15.1 Å². The molecule has 0 aliphatic heterocycles. The van der Waals surface area contributed by atoms with E-state index in [1.165, 1.54) is 6.07 Å². The Balaban J connectivity index is 0.000000297. The van der Waals surface area contributed by atoms with Crippen molar-refractivity contribution in [1.82, 2.24) is 0 Å². The zero-order valence-corrected chi connectivity index (χ0v) is 18.6. The Kier molecular flexibility index (Phi) is 7.54. The number of aromatic hydroxyl groups is 2. The van der Waals surface area contributed by atoms with Crippen LogP contribution in [0.3, 0.4) is 0 Å². The Morgan fingerprint density at radius 3 is 1.47 bits per heavy atom. The average molecular weight is 430 g/mol. The van der Waals surface area contributed by atoms with Gasteiger partial charge in [0.2, 0.25) is 0 Å². The highest BCUT2D eigenvalue weighted by molar-refractivity contribution is 7.48. The molecule has 7 heteroatoms. The number of rotatable bonds is 4. The average Bonchev–Trinajstić information content (AvgIpc) is 2.62. The largest absolute Gasteiger partial charge is 0.584 e. The Bertz CT molecular complexity index is 969. The lowest BCUT2D eigenvalue weighted by Gasteiger charge is -2.17. The molecule has 3 N–H and O–H groups in total. The van der Waals surface area contributed by atoms with Gasteiger partial charge in [-0.05, 0) is 86.7 Å². The van der Waals surface area contributed by atoms with Crippen molar-refractivity contribution in [2.45, 2.75) is 34.6 Å². The van der Waals surface area contributed by atoms with Crippen LogP contribution in [0, 0.1) is 34.6 Å². The summed E-state index contributed by atoms with van der Waals surface area (Å²) in [7, 11) is -4.23. The fraction of sp³-hybridized carbons (Fsp3) is 0.217. The lowest BCUT2D eigenvalue weighted by molar-refractivity contribution is 0.289. The summed E-state index contributed by atoms with van der Waals surface area (Å²) in [5.41, 5.74) is 4.46. The van der Waals surface area contributed by atoms with Crippen molar-refractivity contribution in [1.29, 1.82) is 0 Å². The minimum Gasteiger partial charge on any atom is -0.508 e. The van der Waals surface area contributed by atoms with Gasteiger partial charge in [-0.25, -0.2) is 4.57 Å². The van der Waals surface area contributed by atoms with Crippen molar-refractivity contribution in [2.24, 2.45) is 0 Å². The maximum Gasteiger partial charge on any atom is 0.584 e. The molecule has 0 fully saturated rings. The molecule has 0 spiro atoms. The molecule has 0 heterocycles. The molecule has 0 aromatic heterocycles. The lowest BCUT2D eigenvalue weighted by Crippen LogP contribution is -2.02. The van der Waals surface area contributed by atoms with E-state index >= 15 is 0 Å². The number of phosphoric ester groups is 1. The fourth-order valence-corrected chi connectivity index (χ4v) is 3.59. The van der Waals surface area contributed by atoms with Gasteiger partial charge in [0.05, 0.1) is 0 Å². The smallest absolute Gasteiger partial charge is 0.508 e. The monoisotopic (exact) mass is 430 g/mol. The SMILES string of the molecule is Cc1cc(O)cc(O)c1.Cc1cccc(OP(=O)(O)Oc2cccc(C)c2C)c1C. The van der Waals surface area contributed by atoms with Gasteiger partial charge < -0.3 is 19.3 Å². The number of aryl methyl sites for hydroxylation is 3. The maximum absolute atomic E-state index is 12.2. The van der Waals surface area contributed by atoms with Crippen molar-refractivity contribution < 1.29 is 28.7 Å². The van der Waals surface area contributed by atoms with Crippen molar-refractivity contribution in [3.8, 4) is 23.0 Å². The lowest BCUT2D eigenvalue weighted by atomic mass is 10.1. The van der Waals surface area contributed by atoms with Crippen LogP contribution in [0.1, 0.15) is 27.8 Å². The zero-order valence-electron chi connectivity index (χ0n) is 17.7. The van der Waals surface area contributed by atoms with Crippen LogP contribution < -0.4 is 9.05 Å². The van der Waals surface area contributed by atoms with E-state index in [2.05, 4.69) is 0 Å². The first-order valence-electron chi connectivity index (χ1n) is 9.32. The van der Waals surface area contributed by atoms with Gasteiger partial charge in [-0.15, -0.1) is 0 Å². The van der Waals surface area contributed by atoms with Crippen LogP contribution in [0.4, 0.5) is 0 Å². The van der Waals surface area contributed by atoms with E-state index in [9.17, 15) is 9.46 Å². The molecule has 0 atom stereocenters. The molecule has 0 aliphatic carbocycles. The summed E-state index contributed by atoms with van der Waals surface area (Å²) in [4.78, 5) is 9.96. The van der Waals surface area contributed by atoms with Crippen LogP contribution in [0.15, 0.2) is 54.6 Å². The van der Waals surface area contributed by atoms with Gasteiger partial charge in [0.15, 0.2) is 0 Å². The number of phosphoric acid groups is 1. The first-order chi connectivity index (χ1) is 14.0. The Hall–Kier alpha value is -2.95. The van der Waals surface area contributed by atoms with E-state index in [1.54, 1.807) is 43.3 Å².